The monoisotopic (exact) mass is 364 g/mol. The van der Waals surface area contributed by atoms with Crippen LogP contribution in [0.25, 0.3) is 0 Å². The summed E-state index contributed by atoms with van der Waals surface area (Å²) in [6, 6.07) is 20.2. The number of hydrogen-bond donors (Lipinski definition) is 0. The van der Waals surface area contributed by atoms with Crippen LogP contribution in [0.5, 0.6) is 0 Å². The average molecular weight is 364 g/mol. The molecule has 4 nitrogen and oxygen atoms in total. The molecule has 2 aromatic rings. The number of carbonyl (C=O) groups excluding carboxylic acids is 2. The SMILES string of the molecule is CN(Cc1ccccc1)C(=O)C1CCN(C(=O)CCc2ccccc2)CC1. The average Bonchev–Trinajstić information content (AvgIpc) is 2.73. The lowest BCUT2D eigenvalue weighted by Gasteiger charge is -2.33. The van der Waals surface area contributed by atoms with Gasteiger partial charge in [-0.1, -0.05) is 60.7 Å². The van der Waals surface area contributed by atoms with Crippen LogP contribution in [0.3, 0.4) is 0 Å². The zero-order chi connectivity index (χ0) is 19.1. The highest BCUT2D eigenvalue weighted by Gasteiger charge is 2.28. The smallest absolute Gasteiger partial charge is 0.225 e. The molecule has 1 saturated heterocycles. The number of piperidine rings is 1. The van der Waals surface area contributed by atoms with E-state index in [0.717, 1.165) is 24.8 Å². The maximum Gasteiger partial charge on any atom is 0.225 e. The zero-order valence-electron chi connectivity index (χ0n) is 16.0. The maximum absolute atomic E-state index is 12.7. The van der Waals surface area contributed by atoms with Crippen molar-refractivity contribution in [3.8, 4) is 0 Å². The third-order valence-electron chi connectivity index (χ3n) is 5.31. The number of nitrogens with zero attached hydrogens (tertiary/aromatic N) is 2. The van der Waals surface area contributed by atoms with Gasteiger partial charge in [0.15, 0.2) is 0 Å². The van der Waals surface area contributed by atoms with Gasteiger partial charge >= 0.3 is 0 Å². The van der Waals surface area contributed by atoms with Crippen LogP contribution < -0.4 is 0 Å². The molecule has 0 aromatic heterocycles. The molecule has 0 atom stereocenters. The standard InChI is InChI=1S/C23H28N2O2/c1-24(18-20-10-6-3-7-11-20)23(27)21-14-16-25(17-15-21)22(26)13-12-19-8-4-2-5-9-19/h2-11,21H,12-18H2,1H3. The Hall–Kier alpha value is -2.62. The highest BCUT2D eigenvalue weighted by molar-refractivity contribution is 5.80. The van der Waals surface area contributed by atoms with E-state index in [-0.39, 0.29) is 17.7 Å². The molecule has 2 aromatic carbocycles. The van der Waals surface area contributed by atoms with Crippen molar-refractivity contribution in [2.75, 3.05) is 20.1 Å². The first kappa shape index (κ1) is 19.2. The van der Waals surface area contributed by atoms with Gasteiger partial charge in [0.05, 0.1) is 0 Å². The summed E-state index contributed by atoms with van der Waals surface area (Å²) < 4.78 is 0. The van der Waals surface area contributed by atoms with E-state index in [9.17, 15) is 9.59 Å². The molecule has 0 radical (unpaired) electrons. The van der Waals surface area contributed by atoms with Gasteiger partial charge in [0.1, 0.15) is 0 Å². The summed E-state index contributed by atoms with van der Waals surface area (Å²) in [5, 5.41) is 0. The Labute approximate surface area is 161 Å². The predicted molar refractivity (Wildman–Crippen MR) is 107 cm³/mol. The molecule has 0 aliphatic carbocycles. The number of benzene rings is 2. The minimum Gasteiger partial charge on any atom is -0.343 e. The highest BCUT2D eigenvalue weighted by atomic mass is 16.2. The molecule has 142 valence electrons. The van der Waals surface area contributed by atoms with E-state index in [4.69, 9.17) is 0 Å². The zero-order valence-corrected chi connectivity index (χ0v) is 16.0. The molecule has 27 heavy (non-hydrogen) atoms. The fraction of sp³-hybridized carbons (Fsp3) is 0.391. The lowest BCUT2D eigenvalue weighted by atomic mass is 9.94. The lowest BCUT2D eigenvalue weighted by Crippen LogP contribution is -2.43. The van der Waals surface area contributed by atoms with Crippen molar-refractivity contribution in [3.63, 3.8) is 0 Å². The third-order valence-corrected chi connectivity index (χ3v) is 5.31. The molecule has 0 N–H and O–H groups in total. The van der Waals surface area contributed by atoms with Crippen molar-refractivity contribution in [2.24, 2.45) is 5.92 Å². The van der Waals surface area contributed by atoms with Crippen LogP contribution in [0.1, 0.15) is 30.4 Å². The molecule has 4 heteroatoms. The Bertz CT molecular complexity index is 737. The number of carbonyl (C=O) groups is 2. The van der Waals surface area contributed by atoms with Crippen molar-refractivity contribution < 1.29 is 9.59 Å². The summed E-state index contributed by atoms with van der Waals surface area (Å²) in [6.07, 6.45) is 2.83. The van der Waals surface area contributed by atoms with Crippen molar-refractivity contribution >= 4 is 11.8 Å². The Morgan fingerprint density at radius 3 is 2.07 bits per heavy atom. The van der Waals surface area contributed by atoms with Gasteiger partial charge < -0.3 is 9.80 Å². The van der Waals surface area contributed by atoms with Crippen LogP contribution in [-0.4, -0.2) is 41.8 Å². The minimum atomic E-state index is 0.0249. The van der Waals surface area contributed by atoms with Crippen LogP contribution in [0, 0.1) is 5.92 Å². The van der Waals surface area contributed by atoms with E-state index in [1.165, 1.54) is 5.56 Å². The quantitative estimate of drug-likeness (QED) is 0.787. The molecule has 1 heterocycles. The minimum absolute atomic E-state index is 0.0249. The number of aryl methyl sites for hydroxylation is 1. The normalized spacial score (nSPS) is 14.8. The van der Waals surface area contributed by atoms with Gasteiger partial charge in [-0.25, -0.2) is 0 Å². The van der Waals surface area contributed by atoms with Crippen molar-refractivity contribution in [2.45, 2.75) is 32.2 Å². The fourth-order valence-corrected chi connectivity index (χ4v) is 3.68. The van der Waals surface area contributed by atoms with Gasteiger partial charge in [-0.15, -0.1) is 0 Å². The molecule has 0 saturated carbocycles. The first-order valence-corrected chi connectivity index (χ1v) is 9.74. The summed E-state index contributed by atoms with van der Waals surface area (Å²) in [7, 11) is 1.87. The third kappa shape index (κ3) is 5.43. The van der Waals surface area contributed by atoms with E-state index in [2.05, 4.69) is 12.1 Å². The van der Waals surface area contributed by atoms with E-state index < -0.39 is 0 Å². The molecular weight excluding hydrogens is 336 g/mol. The second kappa shape index (κ2) is 9.36. The van der Waals surface area contributed by atoms with E-state index in [1.54, 1.807) is 0 Å². The molecule has 0 unspecified atom stereocenters. The van der Waals surface area contributed by atoms with Crippen LogP contribution in [0.4, 0.5) is 0 Å². The van der Waals surface area contributed by atoms with Crippen LogP contribution in [0.15, 0.2) is 60.7 Å². The summed E-state index contributed by atoms with van der Waals surface area (Å²) in [4.78, 5) is 28.9. The van der Waals surface area contributed by atoms with Gasteiger partial charge in [0.25, 0.3) is 0 Å². The van der Waals surface area contributed by atoms with E-state index in [1.807, 2.05) is 65.4 Å². The number of likely N-dealkylation sites (tertiary alicyclic amines) is 1. The van der Waals surface area contributed by atoms with Crippen LogP contribution >= 0.6 is 0 Å². The summed E-state index contributed by atoms with van der Waals surface area (Å²) in [5.74, 6) is 0.412. The van der Waals surface area contributed by atoms with Gasteiger partial charge in [-0.3, -0.25) is 9.59 Å². The second-order valence-electron chi connectivity index (χ2n) is 7.32. The number of rotatable bonds is 6. The Morgan fingerprint density at radius 1 is 0.926 bits per heavy atom. The molecule has 0 spiro atoms. The molecular formula is C23H28N2O2. The van der Waals surface area contributed by atoms with E-state index in [0.29, 0.717) is 26.1 Å². The topological polar surface area (TPSA) is 40.6 Å². The second-order valence-corrected chi connectivity index (χ2v) is 7.32. The lowest BCUT2D eigenvalue weighted by molar-refractivity contribution is -0.140. The van der Waals surface area contributed by atoms with Gasteiger partial charge in [-0.05, 0) is 30.4 Å². The summed E-state index contributed by atoms with van der Waals surface area (Å²) in [5.41, 5.74) is 2.33. The molecule has 2 amide bonds. The van der Waals surface area contributed by atoms with Crippen LogP contribution in [-0.2, 0) is 22.6 Å². The number of hydrogen-bond acceptors (Lipinski definition) is 2. The van der Waals surface area contributed by atoms with Gasteiger partial charge in [0, 0.05) is 39.0 Å². The van der Waals surface area contributed by atoms with Gasteiger partial charge in [0.2, 0.25) is 11.8 Å². The van der Waals surface area contributed by atoms with Crippen molar-refractivity contribution in [1.29, 1.82) is 0 Å². The van der Waals surface area contributed by atoms with Crippen molar-refractivity contribution in [1.82, 2.24) is 9.80 Å². The molecule has 1 aliphatic heterocycles. The van der Waals surface area contributed by atoms with Gasteiger partial charge in [-0.2, -0.15) is 0 Å². The largest absolute Gasteiger partial charge is 0.343 e. The van der Waals surface area contributed by atoms with E-state index >= 15 is 0 Å². The molecule has 0 bridgehead atoms. The predicted octanol–water partition coefficient (Wildman–Crippen LogP) is 3.52. The highest BCUT2D eigenvalue weighted by Crippen LogP contribution is 2.21. The molecule has 3 rings (SSSR count). The summed E-state index contributed by atoms with van der Waals surface area (Å²) >= 11 is 0. The first-order valence-electron chi connectivity index (χ1n) is 9.74. The molecule has 1 aliphatic rings. The first-order chi connectivity index (χ1) is 13.1. The fourth-order valence-electron chi connectivity index (χ4n) is 3.68. The molecule has 1 fully saturated rings. The number of amides is 2. The summed E-state index contributed by atoms with van der Waals surface area (Å²) in [6.45, 7) is 2.00. The van der Waals surface area contributed by atoms with Crippen LogP contribution in [0.2, 0.25) is 0 Å². The Kier molecular flexibility index (Phi) is 6.64. The Morgan fingerprint density at radius 2 is 1.48 bits per heavy atom. The maximum atomic E-state index is 12.7. The van der Waals surface area contributed by atoms with Crippen molar-refractivity contribution in [3.05, 3.63) is 71.8 Å². The Balaban J connectivity index is 1.43.